The Morgan fingerprint density at radius 2 is 1.95 bits per heavy atom. The molecule has 0 aliphatic carbocycles. The number of benzene rings is 1. The number of hydrogen-bond acceptors (Lipinski definition) is 4. The van der Waals surface area contributed by atoms with Crippen LogP contribution in [-0.2, 0) is 4.79 Å². The van der Waals surface area contributed by atoms with Crippen LogP contribution in [0.5, 0.6) is 0 Å². The van der Waals surface area contributed by atoms with E-state index in [4.69, 9.17) is 0 Å². The van der Waals surface area contributed by atoms with Crippen molar-refractivity contribution < 1.29 is 9.72 Å². The Bertz CT molecular complexity index is 429. The average Bonchev–Trinajstić information content (AvgIpc) is 2.37. The maximum atomic E-state index is 11.4. The van der Waals surface area contributed by atoms with Crippen molar-refractivity contribution in [1.29, 1.82) is 0 Å². The molecule has 0 bridgehead atoms. The van der Waals surface area contributed by atoms with Gasteiger partial charge in [-0.2, -0.15) is 0 Å². The highest BCUT2D eigenvalue weighted by Crippen LogP contribution is 2.15. The maximum absolute atomic E-state index is 11.4. The number of anilines is 1. The zero-order valence-electron chi connectivity index (χ0n) is 11.2. The summed E-state index contributed by atoms with van der Waals surface area (Å²) in [6.07, 6.45) is 0.379. The molecule has 2 N–H and O–H groups in total. The van der Waals surface area contributed by atoms with Gasteiger partial charge in [-0.25, -0.2) is 0 Å². The number of amides is 1. The molecule has 0 saturated carbocycles. The highest BCUT2D eigenvalue weighted by molar-refractivity contribution is 5.76. The highest BCUT2D eigenvalue weighted by Gasteiger charge is 2.04. The maximum Gasteiger partial charge on any atom is 0.269 e. The fraction of sp³-hybridized carbons (Fsp3) is 0.462. The predicted octanol–water partition coefficient (Wildman–Crippen LogP) is 2.17. The number of non-ortho nitro benzene ring substituents is 1. The molecular formula is C13H19N3O3. The SMILES string of the molecule is CC(C)CNC(=O)CCNc1ccc([N+](=O)[O-])cc1. The van der Waals surface area contributed by atoms with Crippen molar-refractivity contribution in [3.8, 4) is 0 Å². The molecule has 0 spiro atoms. The quantitative estimate of drug-likeness (QED) is 0.584. The Kier molecular flexibility index (Phi) is 5.78. The lowest BCUT2D eigenvalue weighted by Crippen LogP contribution is -2.28. The van der Waals surface area contributed by atoms with Gasteiger partial charge in [0.2, 0.25) is 5.91 Å². The summed E-state index contributed by atoms with van der Waals surface area (Å²) in [6, 6.07) is 6.12. The van der Waals surface area contributed by atoms with Crippen LogP contribution in [0.15, 0.2) is 24.3 Å². The van der Waals surface area contributed by atoms with E-state index in [0.29, 0.717) is 25.4 Å². The number of rotatable bonds is 7. The molecule has 0 fully saturated rings. The van der Waals surface area contributed by atoms with Gasteiger partial charge in [0.05, 0.1) is 4.92 Å². The first kappa shape index (κ1) is 14.9. The number of carbonyl (C=O) groups excluding carboxylic acids is 1. The van der Waals surface area contributed by atoms with Gasteiger partial charge in [0.25, 0.3) is 5.69 Å². The average molecular weight is 265 g/mol. The number of carbonyl (C=O) groups is 1. The van der Waals surface area contributed by atoms with E-state index in [0.717, 1.165) is 5.69 Å². The number of nitro benzene ring substituents is 1. The molecule has 0 atom stereocenters. The van der Waals surface area contributed by atoms with Gasteiger partial charge in [0.15, 0.2) is 0 Å². The number of nitrogens with one attached hydrogen (secondary N) is 2. The first-order valence-electron chi connectivity index (χ1n) is 6.24. The third-order valence-electron chi connectivity index (χ3n) is 2.47. The smallest absolute Gasteiger partial charge is 0.269 e. The fourth-order valence-corrected chi connectivity index (χ4v) is 1.43. The summed E-state index contributed by atoms with van der Waals surface area (Å²) in [4.78, 5) is 21.5. The van der Waals surface area contributed by atoms with Crippen LogP contribution in [0.25, 0.3) is 0 Å². The van der Waals surface area contributed by atoms with Crippen LogP contribution in [0, 0.1) is 16.0 Å². The van der Waals surface area contributed by atoms with Gasteiger partial charge in [-0.3, -0.25) is 14.9 Å². The molecule has 1 amide bonds. The standard InChI is InChI=1S/C13H19N3O3/c1-10(2)9-15-13(17)7-8-14-11-3-5-12(6-4-11)16(18)19/h3-6,10,14H,7-9H2,1-2H3,(H,15,17). The summed E-state index contributed by atoms with van der Waals surface area (Å²) in [6.45, 7) is 5.25. The molecule has 19 heavy (non-hydrogen) atoms. The Hall–Kier alpha value is -2.11. The topological polar surface area (TPSA) is 84.3 Å². The van der Waals surface area contributed by atoms with Gasteiger partial charge >= 0.3 is 0 Å². The van der Waals surface area contributed by atoms with Crippen molar-refractivity contribution in [2.24, 2.45) is 5.92 Å². The Morgan fingerprint density at radius 3 is 2.47 bits per heavy atom. The van der Waals surface area contributed by atoms with E-state index >= 15 is 0 Å². The summed E-state index contributed by atoms with van der Waals surface area (Å²) >= 11 is 0. The van der Waals surface area contributed by atoms with Crippen LogP contribution in [0.4, 0.5) is 11.4 Å². The van der Waals surface area contributed by atoms with Gasteiger partial charge in [0.1, 0.15) is 0 Å². The van der Waals surface area contributed by atoms with E-state index in [-0.39, 0.29) is 11.6 Å². The third kappa shape index (κ3) is 5.85. The molecule has 1 aromatic rings. The fourth-order valence-electron chi connectivity index (χ4n) is 1.43. The lowest BCUT2D eigenvalue weighted by Gasteiger charge is -2.08. The van der Waals surface area contributed by atoms with Crippen LogP contribution < -0.4 is 10.6 Å². The molecule has 6 heteroatoms. The first-order valence-corrected chi connectivity index (χ1v) is 6.24. The first-order chi connectivity index (χ1) is 8.99. The van der Waals surface area contributed by atoms with Crippen molar-refractivity contribution in [3.05, 3.63) is 34.4 Å². The molecule has 0 aliphatic heterocycles. The van der Waals surface area contributed by atoms with Crippen LogP contribution in [0.3, 0.4) is 0 Å². The second kappa shape index (κ2) is 7.35. The molecule has 104 valence electrons. The van der Waals surface area contributed by atoms with Crippen LogP contribution in [-0.4, -0.2) is 23.9 Å². The summed E-state index contributed by atoms with van der Waals surface area (Å²) in [5, 5.41) is 16.3. The van der Waals surface area contributed by atoms with Crippen LogP contribution in [0.2, 0.25) is 0 Å². The number of hydrogen-bond donors (Lipinski definition) is 2. The van der Waals surface area contributed by atoms with Crippen molar-refractivity contribution in [2.75, 3.05) is 18.4 Å². The third-order valence-corrected chi connectivity index (χ3v) is 2.47. The number of nitrogens with zero attached hydrogens (tertiary/aromatic N) is 1. The van der Waals surface area contributed by atoms with Crippen molar-refractivity contribution in [3.63, 3.8) is 0 Å². The van der Waals surface area contributed by atoms with Gasteiger partial charge in [-0.1, -0.05) is 13.8 Å². The summed E-state index contributed by atoms with van der Waals surface area (Å²) in [5.41, 5.74) is 0.822. The minimum atomic E-state index is -0.441. The van der Waals surface area contributed by atoms with E-state index in [2.05, 4.69) is 10.6 Å². The van der Waals surface area contributed by atoms with Crippen molar-refractivity contribution in [1.82, 2.24) is 5.32 Å². The number of nitro groups is 1. The van der Waals surface area contributed by atoms with Crippen LogP contribution in [0.1, 0.15) is 20.3 Å². The molecule has 0 unspecified atom stereocenters. The molecular weight excluding hydrogens is 246 g/mol. The Labute approximate surface area is 112 Å². The van der Waals surface area contributed by atoms with E-state index in [1.54, 1.807) is 12.1 Å². The minimum absolute atomic E-state index is 0.00288. The van der Waals surface area contributed by atoms with Crippen molar-refractivity contribution >= 4 is 17.3 Å². The predicted molar refractivity (Wildman–Crippen MR) is 74.1 cm³/mol. The monoisotopic (exact) mass is 265 g/mol. The summed E-state index contributed by atoms with van der Waals surface area (Å²) in [5.74, 6) is 0.440. The summed E-state index contributed by atoms with van der Waals surface area (Å²) in [7, 11) is 0. The highest BCUT2D eigenvalue weighted by atomic mass is 16.6. The van der Waals surface area contributed by atoms with Gasteiger partial charge in [-0.05, 0) is 18.1 Å². The normalized spacial score (nSPS) is 10.3. The van der Waals surface area contributed by atoms with Gasteiger partial charge < -0.3 is 10.6 Å². The van der Waals surface area contributed by atoms with Crippen molar-refractivity contribution in [2.45, 2.75) is 20.3 Å². The van der Waals surface area contributed by atoms with E-state index < -0.39 is 4.92 Å². The minimum Gasteiger partial charge on any atom is -0.385 e. The second-order valence-corrected chi connectivity index (χ2v) is 4.68. The molecule has 0 aromatic heterocycles. The zero-order chi connectivity index (χ0) is 14.3. The largest absolute Gasteiger partial charge is 0.385 e. The van der Waals surface area contributed by atoms with E-state index in [9.17, 15) is 14.9 Å². The molecule has 0 radical (unpaired) electrons. The summed E-state index contributed by atoms with van der Waals surface area (Å²) < 4.78 is 0. The molecule has 0 saturated heterocycles. The Morgan fingerprint density at radius 1 is 1.32 bits per heavy atom. The van der Waals surface area contributed by atoms with E-state index in [1.807, 2.05) is 13.8 Å². The van der Waals surface area contributed by atoms with Gasteiger partial charge in [-0.15, -0.1) is 0 Å². The lowest BCUT2D eigenvalue weighted by molar-refractivity contribution is -0.384. The van der Waals surface area contributed by atoms with E-state index in [1.165, 1.54) is 12.1 Å². The molecule has 0 heterocycles. The molecule has 6 nitrogen and oxygen atoms in total. The van der Waals surface area contributed by atoms with Crippen LogP contribution >= 0.6 is 0 Å². The molecule has 1 rings (SSSR count). The second-order valence-electron chi connectivity index (χ2n) is 4.68. The molecule has 0 aliphatic rings. The van der Waals surface area contributed by atoms with Gasteiger partial charge in [0, 0.05) is 37.3 Å². The lowest BCUT2D eigenvalue weighted by atomic mass is 10.2. The zero-order valence-corrected chi connectivity index (χ0v) is 11.2. The Balaban J connectivity index is 2.29. The molecule has 1 aromatic carbocycles.